The smallest absolute Gasteiger partial charge is 0.295 e. The van der Waals surface area contributed by atoms with Gasteiger partial charge in [0, 0.05) is 31.7 Å². The summed E-state index contributed by atoms with van der Waals surface area (Å²) in [7, 11) is 0. The Balaban J connectivity index is 1.47. The highest BCUT2D eigenvalue weighted by molar-refractivity contribution is 6.47. The monoisotopic (exact) mass is 580 g/mol. The summed E-state index contributed by atoms with van der Waals surface area (Å²) in [5.41, 5.74) is 2.80. The number of hydrogen-bond donors (Lipinski definition) is 1. The Morgan fingerprint density at radius 2 is 1.73 bits per heavy atom. The van der Waals surface area contributed by atoms with Crippen LogP contribution < -0.4 is 4.74 Å². The number of likely N-dealkylation sites (tertiary alicyclic amines) is 1. The van der Waals surface area contributed by atoms with Crippen LogP contribution in [0.25, 0.3) is 5.76 Å². The van der Waals surface area contributed by atoms with E-state index in [9.17, 15) is 14.7 Å². The van der Waals surface area contributed by atoms with Crippen LogP contribution >= 0.6 is 23.2 Å². The Labute approximate surface area is 243 Å². The largest absolute Gasteiger partial charge is 0.507 e. The van der Waals surface area contributed by atoms with Gasteiger partial charge in [-0.2, -0.15) is 0 Å². The van der Waals surface area contributed by atoms with Gasteiger partial charge in [-0.05, 0) is 53.9 Å². The highest BCUT2D eigenvalue weighted by atomic mass is 35.5. The number of rotatable bonds is 8. The quantitative estimate of drug-likeness (QED) is 0.211. The molecule has 1 atom stereocenters. The molecule has 1 amide bonds. The number of aliphatic hydroxyl groups excluding tert-OH is 1. The minimum atomic E-state index is -0.816. The van der Waals surface area contributed by atoms with Gasteiger partial charge in [0.05, 0.1) is 34.9 Å². The first kappa shape index (κ1) is 28.2. The van der Waals surface area contributed by atoms with Crippen LogP contribution in [0.2, 0.25) is 10.0 Å². The van der Waals surface area contributed by atoms with Gasteiger partial charge in [0.25, 0.3) is 11.7 Å². The standard InChI is InChI=1S/C31H30Cl2N2O5/c1-20-17-23(40-19-21-5-3-2-4-6-21)8-9-24(20)29(36)27-28(22-7-10-25(32)26(33)18-22)35(31(38)30(27)37)12-11-34-13-15-39-16-14-34/h2-10,17-18,28,36H,11-16,19H2,1H3/b29-27+/t28-/m0/s1. The van der Waals surface area contributed by atoms with E-state index in [0.29, 0.717) is 65.4 Å². The van der Waals surface area contributed by atoms with Crippen molar-refractivity contribution in [3.05, 3.63) is 105 Å². The molecular weight excluding hydrogens is 551 g/mol. The van der Waals surface area contributed by atoms with Crippen molar-refractivity contribution in [2.24, 2.45) is 0 Å². The summed E-state index contributed by atoms with van der Waals surface area (Å²) in [4.78, 5) is 30.5. The fourth-order valence-electron chi connectivity index (χ4n) is 5.09. The molecule has 2 heterocycles. The molecule has 208 valence electrons. The molecule has 1 N–H and O–H groups in total. The molecule has 0 aliphatic carbocycles. The fourth-order valence-corrected chi connectivity index (χ4v) is 5.40. The number of hydrogen-bond acceptors (Lipinski definition) is 6. The number of morpholine rings is 1. The van der Waals surface area contributed by atoms with Crippen molar-refractivity contribution in [3.63, 3.8) is 0 Å². The summed E-state index contributed by atoms with van der Waals surface area (Å²) in [6, 6.07) is 19.3. The van der Waals surface area contributed by atoms with Crippen LogP contribution in [0.1, 0.15) is 28.3 Å². The number of carbonyl (C=O) groups is 2. The van der Waals surface area contributed by atoms with Gasteiger partial charge in [0.2, 0.25) is 0 Å². The molecule has 3 aromatic rings. The number of nitrogens with zero attached hydrogens (tertiary/aromatic N) is 2. The molecule has 2 aliphatic rings. The number of amides is 1. The second kappa shape index (κ2) is 12.4. The summed E-state index contributed by atoms with van der Waals surface area (Å²) >= 11 is 12.5. The summed E-state index contributed by atoms with van der Waals surface area (Å²) in [6.07, 6.45) is 0. The predicted octanol–water partition coefficient (Wildman–Crippen LogP) is 5.63. The number of ketones is 1. The number of benzene rings is 3. The van der Waals surface area contributed by atoms with Gasteiger partial charge in [-0.3, -0.25) is 14.5 Å². The van der Waals surface area contributed by atoms with Gasteiger partial charge in [0.15, 0.2) is 0 Å². The van der Waals surface area contributed by atoms with Crippen LogP contribution in [0, 0.1) is 6.92 Å². The van der Waals surface area contributed by atoms with Gasteiger partial charge >= 0.3 is 0 Å². The number of aryl methyl sites for hydroxylation is 1. The lowest BCUT2D eigenvalue weighted by Gasteiger charge is -2.31. The zero-order valence-electron chi connectivity index (χ0n) is 22.1. The molecule has 0 bridgehead atoms. The third-order valence-corrected chi connectivity index (χ3v) is 8.00. The van der Waals surface area contributed by atoms with E-state index in [4.69, 9.17) is 32.7 Å². The van der Waals surface area contributed by atoms with Crippen molar-refractivity contribution in [3.8, 4) is 5.75 Å². The van der Waals surface area contributed by atoms with Crippen molar-refractivity contribution < 1.29 is 24.2 Å². The molecule has 9 heteroatoms. The molecule has 2 aliphatic heterocycles. The van der Waals surface area contributed by atoms with Crippen molar-refractivity contribution >= 4 is 40.7 Å². The molecule has 3 aromatic carbocycles. The van der Waals surface area contributed by atoms with Crippen molar-refractivity contribution in [1.82, 2.24) is 9.80 Å². The Hall–Kier alpha value is -3.36. The van der Waals surface area contributed by atoms with Crippen LogP contribution in [-0.4, -0.2) is 66.0 Å². The average Bonchev–Trinajstić information content (AvgIpc) is 3.22. The third-order valence-electron chi connectivity index (χ3n) is 7.26. The number of aliphatic hydroxyl groups is 1. The zero-order valence-corrected chi connectivity index (χ0v) is 23.6. The lowest BCUT2D eigenvalue weighted by Crippen LogP contribution is -2.42. The summed E-state index contributed by atoms with van der Waals surface area (Å²) < 4.78 is 11.4. The molecule has 2 saturated heterocycles. The number of halogens is 2. The lowest BCUT2D eigenvalue weighted by molar-refractivity contribution is -0.140. The number of Topliss-reactive ketones (excluding diaryl/α,β-unsaturated/α-hetero) is 1. The maximum atomic E-state index is 13.4. The van der Waals surface area contributed by atoms with E-state index in [2.05, 4.69) is 4.90 Å². The van der Waals surface area contributed by atoms with Crippen LogP contribution in [0.15, 0.2) is 72.3 Å². The molecule has 0 unspecified atom stereocenters. The normalized spacial score (nSPS) is 19.3. The van der Waals surface area contributed by atoms with Gasteiger partial charge in [-0.25, -0.2) is 0 Å². The second-order valence-electron chi connectivity index (χ2n) is 9.87. The molecular formula is C31H30Cl2N2O5. The van der Waals surface area contributed by atoms with Gasteiger partial charge < -0.3 is 19.5 Å². The van der Waals surface area contributed by atoms with Gasteiger partial charge in [-0.15, -0.1) is 0 Å². The third kappa shape index (κ3) is 6.03. The zero-order chi connectivity index (χ0) is 28.2. The number of ether oxygens (including phenoxy) is 2. The Morgan fingerprint density at radius 1 is 0.975 bits per heavy atom. The Kier molecular flexibility index (Phi) is 8.76. The molecule has 0 aromatic heterocycles. The molecule has 7 nitrogen and oxygen atoms in total. The van der Waals surface area contributed by atoms with E-state index in [0.717, 1.165) is 18.7 Å². The molecule has 0 saturated carbocycles. The topological polar surface area (TPSA) is 79.3 Å². The van der Waals surface area contributed by atoms with Crippen molar-refractivity contribution in [2.75, 3.05) is 39.4 Å². The van der Waals surface area contributed by atoms with Crippen LogP contribution in [0.4, 0.5) is 0 Å². The van der Waals surface area contributed by atoms with E-state index in [1.807, 2.05) is 37.3 Å². The van der Waals surface area contributed by atoms with Gasteiger partial charge in [-0.1, -0.05) is 59.6 Å². The summed E-state index contributed by atoms with van der Waals surface area (Å²) in [6.45, 7) is 5.85. The van der Waals surface area contributed by atoms with Crippen LogP contribution in [0.3, 0.4) is 0 Å². The second-order valence-corrected chi connectivity index (χ2v) is 10.7. The average molecular weight is 581 g/mol. The molecule has 0 radical (unpaired) electrons. The first-order valence-corrected chi connectivity index (χ1v) is 13.9. The first-order valence-electron chi connectivity index (χ1n) is 13.1. The van der Waals surface area contributed by atoms with E-state index < -0.39 is 17.7 Å². The Morgan fingerprint density at radius 3 is 2.42 bits per heavy atom. The molecule has 0 spiro atoms. The van der Waals surface area contributed by atoms with Gasteiger partial charge in [0.1, 0.15) is 18.1 Å². The SMILES string of the molecule is Cc1cc(OCc2ccccc2)ccc1/C(O)=C1\C(=O)C(=O)N(CCN2CCOCC2)[C@H]1c1ccc(Cl)c(Cl)c1. The Bertz CT molecular complexity index is 1440. The van der Waals surface area contributed by atoms with Crippen molar-refractivity contribution in [1.29, 1.82) is 0 Å². The minimum absolute atomic E-state index is 0.0198. The molecule has 5 rings (SSSR count). The van der Waals surface area contributed by atoms with Crippen LogP contribution in [0.5, 0.6) is 5.75 Å². The highest BCUT2D eigenvalue weighted by Gasteiger charge is 2.46. The maximum absolute atomic E-state index is 13.4. The predicted molar refractivity (Wildman–Crippen MR) is 155 cm³/mol. The van der Waals surface area contributed by atoms with E-state index >= 15 is 0 Å². The van der Waals surface area contributed by atoms with Crippen LogP contribution in [-0.2, 0) is 20.9 Å². The summed E-state index contributed by atoms with van der Waals surface area (Å²) in [5.74, 6) is -1.01. The molecule has 40 heavy (non-hydrogen) atoms. The number of carbonyl (C=O) groups excluding carboxylic acids is 2. The molecule has 2 fully saturated rings. The maximum Gasteiger partial charge on any atom is 0.295 e. The van der Waals surface area contributed by atoms with Crippen molar-refractivity contribution in [2.45, 2.75) is 19.6 Å². The van der Waals surface area contributed by atoms with E-state index in [1.54, 1.807) is 36.4 Å². The highest BCUT2D eigenvalue weighted by Crippen LogP contribution is 2.41. The van der Waals surface area contributed by atoms with E-state index in [1.165, 1.54) is 4.90 Å². The fraction of sp³-hybridized carbons (Fsp3) is 0.290. The minimum Gasteiger partial charge on any atom is -0.507 e. The lowest BCUT2D eigenvalue weighted by atomic mass is 9.94. The summed E-state index contributed by atoms with van der Waals surface area (Å²) in [5, 5.41) is 12.2. The first-order chi connectivity index (χ1) is 19.3. The van der Waals surface area contributed by atoms with E-state index in [-0.39, 0.29) is 11.3 Å².